The Morgan fingerprint density at radius 2 is 2.07 bits per heavy atom. The first-order valence-corrected chi connectivity index (χ1v) is 6.36. The van der Waals surface area contributed by atoms with Gasteiger partial charge in [0.2, 0.25) is 5.89 Å². The number of rotatable bonds is 2. The topological polar surface area (TPSA) is 64.9 Å². The van der Waals surface area contributed by atoms with Gasteiger partial charge in [0, 0.05) is 18.2 Å². The van der Waals surface area contributed by atoms with Crippen molar-refractivity contribution in [1.82, 2.24) is 10.2 Å². The van der Waals surface area contributed by atoms with Gasteiger partial charge in [0.05, 0.1) is 0 Å². The molecule has 2 N–H and O–H groups in total. The number of aromatic nitrogens is 2. The Morgan fingerprint density at radius 1 is 1.27 bits per heavy atom. The molecule has 0 aromatic carbocycles. The van der Waals surface area contributed by atoms with Gasteiger partial charge in [-0.2, -0.15) is 0 Å². The first-order chi connectivity index (χ1) is 7.25. The summed E-state index contributed by atoms with van der Waals surface area (Å²) < 4.78 is 5.36. The number of nitrogens with zero attached hydrogens (tertiary/aromatic N) is 2. The molecule has 1 saturated carbocycles. The SMILES string of the molecule is Cc1nnc(SC2CCCCCC2N)o1. The van der Waals surface area contributed by atoms with Crippen LogP contribution in [-0.4, -0.2) is 21.5 Å². The third-order valence-corrected chi connectivity index (χ3v) is 4.02. The Morgan fingerprint density at radius 3 is 2.80 bits per heavy atom. The summed E-state index contributed by atoms with van der Waals surface area (Å²) >= 11 is 1.64. The van der Waals surface area contributed by atoms with E-state index in [1.165, 1.54) is 19.3 Å². The number of hydrogen-bond donors (Lipinski definition) is 1. The summed E-state index contributed by atoms with van der Waals surface area (Å²) in [5.74, 6) is 0.625. The molecule has 2 unspecified atom stereocenters. The van der Waals surface area contributed by atoms with Crippen LogP contribution in [0.4, 0.5) is 0 Å². The lowest BCUT2D eigenvalue weighted by atomic mass is 10.1. The van der Waals surface area contributed by atoms with Crippen molar-refractivity contribution >= 4 is 11.8 Å². The fourth-order valence-corrected chi connectivity index (χ4v) is 3.02. The summed E-state index contributed by atoms with van der Waals surface area (Å²) in [5.41, 5.74) is 6.12. The van der Waals surface area contributed by atoms with Crippen LogP contribution in [0.2, 0.25) is 0 Å². The van der Waals surface area contributed by atoms with Crippen molar-refractivity contribution < 1.29 is 4.42 Å². The Hall–Kier alpha value is -0.550. The van der Waals surface area contributed by atoms with Crippen LogP contribution >= 0.6 is 11.8 Å². The minimum Gasteiger partial charge on any atom is -0.416 e. The van der Waals surface area contributed by atoms with Crippen LogP contribution in [0, 0.1) is 6.92 Å². The van der Waals surface area contributed by atoms with Crippen LogP contribution in [0.3, 0.4) is 0 Å². The predicted octanol–water partition coefficient (Wildman–Crippen LogP) is 2.13. The maximum atomic E-state index is 6.12. The number of thioether (sulfide) groups is 1. The minimum atomic E-state index is 0.268. The van der Waals surface area contributed by atoms with Crippen molar-refractivity contribution in [1.29, 1.82) is 0 Å². The summed E-state index contributed by atoms with van der Waals surface area (Å²) in [5, 5.41) is 8.92. The molecule has 5 heteroatoms. The summed E-state index contributed by atoms with van der Waals surface area (Å²) in [4.78, 5) is 0. The van der Waals surface area contributed by atoms with E-state index >= 15 is 0 Å². The molecule has 0 radical (unpaired) electrons. The van der Waals surface area contributed by atoms with Crippen molar-refractivity contribution in [3.63, 3.8) is 0 Å². The molecular formula is C10H17N3OS. The molecule has 1 aliphatic carbocycles. The Bertz CT molecular complexity index is 315. The lowest BCUT2D eigenvalue weighted by Crippen LogP contribution is -2.31. The molecular weight excluding hydrogens is 210 g/mol. The highest BCUT2D eigenvalue weighted by Gasteiger charge is 2.23. The highest BCUT2D eigenvalue weighted by Crippen LogP contribution is 2.31. The van der Waals surface area contributed by atoms with Gasteiger partial charge >= 0.3 is 0 Å². The second kappa shape index (κ2) is 4.99. The molecule has 1 aromatic rings. The van der Waals surface area contributed by atoms with Gasteiger partial charge < -0.3 is 10.2 Å². The van der Waals surface area contributed by atoms with E-state index in [1.54, 1.807) is 11.8 Å². The summed E-state index contributed by atoms with van der Waals surface area (Å²) in [7, 11) is 0. The van der Waals surface area contributed by atoms with E-state index < -0.39 is 0 Å². The van der Waals surface area contributed by atoms with Gasteiger partial charge in [0.1, 0.15) is 0 Å². The van der Waals surface area contributed by atoms with Gasteiger partial charge in [0.25, 0.3) is 5.22 Å². The molecule has 1 fully saturated rings. The number of nitrogens with two attached hydrogens (primary N) is 1. The number of aryl methyl sites for hydroxylation is 1. The average Bonchev–Trinajstić information content (AvgIpc) is 2.50. The maximum Gasteiger partial charge on any atom is 0.276 e. The van der Waals surface area contributed by atoms with E-state index in [0.29, 0.717) is 16.4 Å². The molecule has 2 rings (SSSR count). The van der Waals surface area contributed by atoms with Crippen molar-refractivity contribution in [3.8, 4) is 0 Å². The largest absolute Gasteiger partial charge is 0.416 e. The quantitative estimate of drug-likeness (QED) is 0.784. The van der Waals surface area contributed by atoms with E-state index in [1.807, 2.05) is 6.92 Å². The molecule has 0 amide bonds. The Labute approximate surface area is 94.0 Å². The van der Waals surface area contributed by atoms with Crippen LogP contribution in [-0.2, 0) is 0 Å². The Kier molecular flexibility index (Phi) is 3.64. The molecule has 15 heavy (non-hydrogen) atoms. The van der Waals surface area contributed by atoms with Crippen LogP contribution < -0.4 is 5.73 Å². The second-order valence-electron chi connectivity index (χ2n) is 4.05. The standard InChI is InChI=1S/C10H17N3OS/c1-7-12-13-10(14-7)15-9-6-4-2-3-5-8(9)11/h8-9H,2-6,11H2,1H3. The molecule has 0 bridgehead atoms. The lowest BCUT2D eigenvalue weighted by Gasteiger charge is -2.18. The molecule has 0 saturated heterocycles. The first kappa shape index (κ1) is 11.0. The molecule has 1 aromatic heterocycles. The zero-order valence-electron chi connectivity index (χ0n) is 8.98. The van der Waals surface area contributed by atoms with E-state index in [0.717, 1.165) is 12.8 Å². The van der Waals surface area contributed by atoms with E-state index in [4.69, 9.17) is 10.2 Å². The number of hydrogen-bond acceptors (Lipinski definition) is 5. The molecule has 0 spiro atoms. The maximum absolute atomic E-state index is 6.12. The van der Waals surface area contributed by atoms with Gasteiger partial charge in [0.15, 0.2) is 0 Å². The van der Waals surface area contributed by atoms with Gasteiger partial charge in [-0.05, 0) is 12.8 Å². The zero-order chi connectivity index (χ0) is 10.7. The van der Waals surface area contributed by atoms with Gasteiger partial charge in [-0.1, -0.05) is 31.0 Å². The fourth-order valence-electron chi connectivity index (χ4n) is 1.90. The molecule has 84 valence electrons. The van der Waals surface area contributed by atoms with Crippen LogP contribution in [0.1, 0.15) is 38.0 Å². The third kappa shape index (κ3) is 2.95. The van der Waals surface area contributed by atoms with Gasteiger partial charge in [-0.15, -0.1) is 10.2 Å². The fraction of sp³-hybridized carbons (Fsp3) is 0.800. The molecule has 1 heterocycles. The van der Waals surface area contributed by atoms with Crippen molar-refractivity contribution in [2.45, 2.75) is 55.5 Å². The van der Waals surface area contributed by atoms with Gasteiger partial charge in [-0.3, -0.25) is 0 Å². The van der Waals surface area contributed by atoms with E-state index in [2.05, 4.69) is 10.2 Å². The summed E-state index contributed by atoms with van der Waals surface area (Å²) in [6, 6.07) is 0.268. The molecule has 4 nitrogen and oxygen atoms in total. The third-order valence-electron chi connectivity index (χ3n) is 2.76. The first-order valence-electron chi connectivity index (χ1n) is 5.48. The molecule has 0 aliphatic heterocycles. The van der Waals surface area contributed by atoms with Crippen molar-refractivity contribution in [3.05, 3.63) is 5.89 Å². The highest BCUT2D eigenvalue weighted by molar-refractivity contribution is 7.99. The van der Waals surface area contributed by atoms with Crippen LogP contribution in [0.5, 0.6) is 0 Å². The minimum absolute atomic E-state index is 0.268. The van der Waals surface area contributed by atoms with E-state index in [9.17, 15) is 0 Å². The van der Waals surface area contributed by atoms with Gasteiger partial charge in [-0.25, -0.2) is 0 Å². The average molecular weight is 227 g/mol. The molecule has 2 atom stereocenters. The van der Waals surface area contributed by atoms with Crippen LogP contribution in [0.15, 0.2) is 9.64 Å². The molecule has 1 aliphatic rings. The van der Waals surface area contributed by atoms with E-state index in [-0.39, 0.29) is 6.04 Å². The highest BCUT2D eigenvalue weighted by atomic mass is 32.2. The van der Waals surface area contributed by atoms with Crippen molar-refractivity contribution in [2.24, 2.45) is 5.73 Å². The summed E-state index contributed by atoms with van der Waals surface area (Å²) in [6.07, 6.45) is 6.09. The second-order valence-corrected chi connectivity index (χ2v) is 5.24. The monoisotopic (exact) mass is 227 g/mol. The normalized spacial score (nSPS) is 27.6. The zero-order valence-corrected chi connectivity index (χ0v) is 9.80. The lowest BCUT2D eigenvalue weighted by molar-refractivity contribution is 0.426. The summed E-state index contributed by atoms with van der Waals surface area (Å²) in [6.45, 7) is 1.81. The smallest absolute Gasteiger partial charge is 0.276 e. The predicted molar refractivity (Wildman–Crippen MR) is 59.7 cm³/mol. The van der Waals surface area contributed by atoms with Crippen molar-refractivity contribution in [2.75, 3.05) is 0 Å². The van der Waals surface area contributed by atoms with Crippen LogP contribution in [0.25, 0.3) is 0 Å². The Balaban J connectivity index is 1.97.